The lowest BCUT2D eigenvalue weighted by molar-refractivity contribution is -0.137. The second-order valence-electron chi connectivity index (χ2n) is 11.4. The molecule has 2 fully saturated rings. The molecule has 1 aliphatic carbocycles. The highest BCUT2D eigenvalue weighted by molar-refractivity contribution is 6.40. The van der Waals surface area contributed by atoms with E-state index in [0.717, 1.165) is 12.8 Å². The molecule has 5 rings (SSSR count). The number of esters is 1. The number of anilines is 2. The maximum atomic E-state index is 15.8. The summed E-state index contributed by atoms with van der Waals surface area (Å²) in [5, 5.41) is 3.08. The van der Waals surface area contributed by atoms with Crippen molar-refractivity contribution in [2.75, 3.05) is 37.0 Å². The first-order valence-electron chi connectivity index (χ1n) is 14.6. The minimum atomic E-state index is -1.84. The van der Waals surface area contributed by atoms with E-state index in [1.54, 1.807) is 49.2 Å². The van der Waals surface area contributed by atoms with Crippen LogP contribution in [0.3, 0.4) is 0 Å². The number of nitrogens with zero attached hydrogens (tertiary/aromatic N) is 2. The van der Waals surface area contributed by atoms with Gasteiger partial charge >= 0.3 is 5.97 Å². The molecule has 3 aromatic rings. The van der Waals surface area contributed by atoms with E-state index in [9.17, 15) is 19.2 Å². The minimum Gasteiger partial charge on any atom is -0.460 e. The van der Waals surface area contributed by atoms with E-state index in [4.69, 9.17) is 33.7 Å². The molecular weight excluding hydrogens is 622 g/mol. The van der Waals surface area contributed by atoms with Gasteiger partial charge in [0.25, 0.3) is 11.7 Å². The Morgan fingerprint density at radius 3 is 2.40 bits per heavy atom. The average Bonchev–Trinajstić information content (AvgIpc) is 3.80. The lowest BCUT2D eigenvalue weighted by Crippen LogP contribution is -2.63. The zero-order valence-electron chi connectivity index (χ0n) is 24.8. The van der Waals surface area contributed by atoms with Crippen molar-refractivity contribution < 1.29 is 28.3 Å². The molecule has 9 nitrogen and oxygen atoms in total. The van der Waals surface area contributed by atoms with Gasteiger partial charge in [-0.25, -0.2) is 9.18 Å². The van der Waals surface area contributed by atoms with E-state index in [-0.39, 0.29) is 35.2 Å². The number of Topliss-reactive ketones (excluding diaryl/α,β-unsaturated/α-hetero) is 1. The van der Waals surface area contributed by atoms with Gasteiger partial charge in [0.1, 0.15) is 5.82 Å². The summed E-state index contributed by atoms with van der Waals surface area (Å²) < 4.78 is 20.6. The van der Waals surface area contributed by atoms with Crippen LogP contribution in [0.5, 0.6) is 0 Å². The summed E-state index contributed by atoms with van der Waals surface area (Å²) in [6, 6.07) is 16.9. The Balaban J connectivity index is 1.53. The molecule has 1 saturated carbocycles. The molecule has 1 saturated heterocycles. The first-order valence-corrected chi connectivity index (χ1v) is 15.3. The van der Waals surface area contributed by atoms with Gasteiger partial charge < -0.3 is 20.7 Å². The quantitative estimate of drug-likeness (QED) is 0.174. The van der Waals surface area contributed by atoms with Crippen LogP contribution in [-0.4, -0.2) is 60.9 Å². The van der Waals surface area contributed by atoms with E-state index in [0.29, 0.717) is 22.9 Å². The van der Waals surface area contributed by atoms with E-state index < -0.39 is 46.9 Å². The van der Waals surface area contributed by atoms with Crippen molar-refractivity contribution in [1.82, 2.24) is 4.90 Å². The van der Waals surface area contributed by atoms with E-state index in [2.05, 4.69) is 5.32 Å². The largest absolute Gasteiger partial charge is 0.460 e. The molecule has 0 aromatic heterocycles. The van der Waals surface area contributed by atoms with Crippen LogP contribution < -0.4 is 16.0 Å². The highest BCUT2D eigenvalue weighted by Gasteiger charge is 2.60. The van der Waals surface area contributed by atoms with Crippen molar-refractivity contribution in [2.45, 2.75) is 31.3 Å². The summed E-state index contributed by atoms with van der Waals surface area (Å²) >= 11 is 12.4. The number of amides is 2. The van der Waals surface area contributed by atoms with Crippen LogP contribution in [0, 0.1) is 17.7 Å². The number of carbonyl (C=O) groups excluding carboxylic acids is 4. The number of nitrogens with two attached hydrogens (primary N) is 1. The molecule has 0 radical (unpaired) electrons. The Kier molecular flexibility index (Phi) is 9.60. The van der Waals surface area contributed by atoms with Crippen molar-refractivity contribution >= 4 is 58.1 Å². The summed E-state index contributed by atoms with van der Waals surface area (Å²) in [5.74, 6) is -5.39. The third-order valence-electron chi connectivity index (χ3n) is 8.38. The Morgan fingerprint density at radius 1 is 1.07 bits per heavy atom. The van der Waals surface area contributed by atoms with Gasteiger partial charge in [-0.15, -0.1) is 0 Å². The van der Waals surface area contributed by atoms with Gasteiger partial charge in [0, 0.05) is 48.0 Å². The predicted octanol–water partition coefficient (Wildman–Crippen LogP) is 5.26. The summed E-state index contributed by atoms with van der Waals surface area (Å²) in [5.41, 5.74) is 6.22. The van der Waals surface area contributed by atoms with Gasteiger partial charge in [-0.05, 0) is 79.8 Å². The van der Waals surface area contributed by atoms with E-state index in [1.165, 1.54) is 41.3 Å². The van der Waals surface area contributed by atoms with Gasteiger partial charge in [0.2, 0.25) is 5.91 Å². The molecule has 3 atom stereocenters. The van der Waals surface area contributed by atoms with Gasteiger partial charge in [-0.1, -0.05) is 41.4 Å². The zero-order chi connectivity index (χ0) is 32.5. The van der Waals surface area contributed by atoms with Crippen molar-refractivity contribution in [3.05, 3.63) is 93.7 Å². The van der Waals surface area contributed by atoms with Crippen LogP contribution in [0.4, 0.5) is 15.8 Å². The minimum absolute atomic E-state index is 0.0478. The predicted molar refractivity (Wildman–Crippen MR) is 170 cm³/mol. The first-order chi connectivity index (χ1) is 21.4. The SMILES string of the molecule is CCOC(=O)C(=O)c1ccc(N(C)C(=O)C2CN(CC3CC3)C(N)(C(=O)Nc3cccc(Cl)c3)[C@H]2c2cccc(Cl)c2F)cc1. The molecule has 1 heterocycles. The summed E-state index contributed by atoms with van der Waals surface area (Å²) in [4.78, 5) is 55.9. The molecule has 3 aromatic carbocycles. The maximum Gasteiger partial charge on any atom is 0.379 e. The van der Waals surface area contributed by atoms with Crippen LogP contribution >= 0.6 is 23.2 Å². The molecule has 2 amide bonds. The fourth-order valence-corrected chi connectivity index (χ4v) is 6.25. The average molecular weight is 656 g/mol. The highest BCUT2D eigenvalue weighted by Crippen LogP contribution is 2.48. The molecule has 0 spiro atoms. The molecule has 3 N–H and O–H groups in total. The third kappa shape index (κ3) is 6.60. The fraction of sp³-hybridized carbons (Fsp3) is 0.333. The summed E-state index contributed by atoms with van der Waals surface area (Å²) in [7, 11) is 1.55. The van der Waals surface area contributed by atoms with Gasteiger partial charge in [0.15, 0.2) is 5.66 Å². The molecule has 236 valence electrons. The van der Waals surface area contributed by atoms with Crippen LogP contribution in [0.25, 0.3) is 0 Å². The van der Waals surface area contributed by atoms with Crippen LogP contribution in [0.1, 0.15) is 41.6 Å². The van der Waals surface area contributed by atoms with E-state index >= 15 is 4.39 Å². The number of likely N-dealkylation sites (tertiary alicyclic amines) is 1. The number of hydrogen-bond donors (Lipinski definition) is 2. The Bertz CT molecular complexity index is 1630. The van der Waals surface area contributed by atoms with E-state index in [1.807, 2.05) is 0 Å². The second-order valence-corrected chi connectivity index (χ2v) is 12.2. The highest BCUT2D eigenvalue weighted by atomic mass is 35.5. The number of ether oxygens (including phenoxy) is 1. The Morgan fingerprint density at radius 2 is 1.76 bits per heavy atom. The summed E-state index contributed by atoms with van der Waals surface area (Å²) in [6.45, 7) is 2.18. The Hall–Kier alpha value is -3.83. The van der Waals surface area contributed by atoms with Crippen LogP contribution in [0.2, 0.25) is 10.0 Å². The standard InChI is InChI=1S/C33H33Cl2FN4O5/c1-3-45-31(43)29(41)20-12-14-23(15-13-20)39(2)30(42)25-18-40(17-19-10-11-19)33(37,27(25)24-8-5-9-26(35)28(24)36)32(44)38-22-7-4-6-21(34)16-22/h4-9,12-16,19,25,27H,3,10-11,17-18,37H2,1-2H3,(H,38,44)/t25?,27-,33?/m0/s1. The van der Waals surface area contributed by atoms with Crippen molar-refractivity contribution in [2.24, 2.45) is 17.6 Å². The number of benzene rings is 3. The maximum absolute atomic E-state index is 15.8. The molecule has 0 bridgehead atoms. The lowest BCUT2D eigenvalue weighted by atomic mass is 9.79. The number of rotatable bonds is 10. The van der Waals surface area contributed by atoms with Crippen molar-refractivity contribution in [3.63, 3.8) is 0 Å². The number of carbonyl (C=O) groups is 4. The first kappa shape index (κ1) is 32.6. The topological polar surface area (TPSA) is 122 Å². The monoisotopic (exact) mass is 654 g/mol. The Labute approximate surface area is 270 Å². The summed E-state index contributed by atoms with van der Waals surface area (Å²) in [6.07, 6.45) is 1.90. The molecule has 2 unspecified atom stereocenters. The van der Waals surface area contributed by atoms with Gasteiger partial charge in [-0.3, -0.25) is 19.3 Å². The van der Waals surface area contributed by atoms with Gasteiger partial charge in [-0.2, -0.15) is 0 Å². The lowest BCUT2D eigenvalue weighted by Gasteiger charge is -2.38. The molecule has 1 aliphatic heterocycles. The normalized spacial score (nSPS) is 21.3. The van der Waals surface area contributed by atoms with Crippen molar-refractivity contribution in [3.8, 4) is 0 Å². The number of ketones is 1. The van der Waals surface area contributed by atoms with Crippen molar-refractivity contribution in [1.29, 1.82) is 0 Å². The van der Waals surface area contributed by atoms with Crippen LogP contribution in [0.15, 0.2) is 66.7 Å². The smallest absolute Gasteiger partial charge is 0.379 e. The third-order valence-corrected chi connectivity index (χ3v) is 8.91. The molecular formula is C33H33Cl2FN4O5. The number of halogens is 3. The number of nitrogens with one attached hydrogen (secondary N) is 1. The molecule has 2 aliphatic rings. The van der Waals surface area contributed by atoms with Gasteiger partial charge in [0.05, 0.1) is 17.5 Å². The second kappa shape index (κ2) is 13.3. The molecule has 45 heavy (non-hydrogen) atoms. The van der Waals surface area contributed by atoms with Crippen LogP contribution in [-0.2, 0) is 19.1 Å². The number of hydrogen-bond acceptors (Lipinski definition) is 7. The molecule has 12 heteroatoms. The zero-order valence-corrected chi connectivity index (χ0v) is 26.3. The fourth-order valence-electron chi connectivity index (χ4n) is 5.88.